The van der Waals surface area contributed by atoms with Crippen molar-refractivity contribution in [3.63, 3.8) is 0 Å². The maximum Gasteiger partial charge on any atom is 0.244 e. The Kier molecular flexibility index (Phi) is 5.85. The van der Waals surface area contributed by atoms with Crippen molar-refractivity contribution in [3.05, 3.63) is 54.4 Å². The number of hydrogen-bond acceptors (Lipinski definition) is 2. The van der Waals surface area contributed by atoms with Gasteiger partial charge in [-0.2, -0.15) is 0 Å². The topological polar surface area (TPSA) is 56.0 Å². The molecule has 1 atom stereocenters. The van der Waals surface area contributed by atoms with Gasteiger partial charge in [-0.3, -0.25) is 9.78 Å². The third-order valence-corrected chi connectivity index (χ3v) is 2.97. The molecule has 1 amide bonds. The number of hydrogen-bond donors (Lipinski definition) is 1. The van der Waals surface area contributed by atoms with Gasteiger partial charge in [0.1, 0.15) is 0 Å². The van der Waals surface area contributed by atoms with Gasteiger partial charge in [0.2, 0.25) is 5.91 Å². The van der Waals surface area contributed by atoms with Crippen LogP contribution >= 0.6 is 0 Å². The number of carbonyl (C=O) groups excluding carboxylic acids is 1. The fourth-order valence-electron chi connectivity index (χ4n) is 1.86. The zero-order valence-corrected chi connectivity index (χ0v) is 10.8. The monoisotopic (exact) mass is 244 g/mol. The summed E-state index contributed by atoms with van der Waals surface area (Å²) in [5.74, 6) is 0.0838. The number of nitrogens with two attached hydrogens (primary N) is 1. The van der Waals surface area contributed by atoms with Crippen LogP contribution in [0.2, 0.25) is 0 Å². The minimum absolute atomic E-state index is 0.357. The van der Waals surface area contributed by atoms with Crippen LogP contribution in [0.3, 0.4) is 0 Å². The Labute approximate surface area is 108 Å². The Morgan fingerprint density at radius 1 is 1.61 bits per heavy atom. The van der Waals surface area contributed by atoms with Gasteiger partial charge in [-0.15, -0.1) is 0 Å². The van der Waals surface area contributed by atoms with E-state index in [-0.39, 0.29) is 5.91 Å². The minimum atomic E-state index is -0.357. The number of pyridine rings is 1. The standard InChI is InChI=1S/C15H20N2O/c1-3-6-13(15(16)18)8-4-7-12(2)14-9-5-10-17-11-14/h3,5-6,9-12H,1,4,7-8H2,2H3,(H2,16,18). The van der Waals surface area contributed by atoms with Crippen LogP contribution in [-0.4, -0.2) is 10.9 Å². The molecule has 0 saturated carbocycles. The SMILES string of the molecule is C=CC=C(CCCC(C)c1cccnc1)C(N)=O. The van der Waals surface area contributed by atoms with Gasteiger partial charge in [-0.05, 0) is 36.8 Å². The van der Waals surface area contributed by atoms with Gasteiger partial charge in [-0.25, -0.2) is 0 Å². The van der Waals surface area contributed by atoms with E-state index < -0.39 is 0 Å². The molecule has 3 nitrogen and oxygen atoms in total. The molecule has 0 spiro atoms. The first kappa shape index (κ1) is 14.2. The molecular weight excluding hydrogens is 224 g/mol. The largest absolute Gasteiger partial charge is 0.366 e. The number of primary amides is 1. The van der Waals surface area contributed by atoms with Crippen LogP contribution in [0.4, 0.5) is 0 Å². The van der Waals surface area contributed by atoms with Crippen LogP contribution in [0.5, 0.6) is 0 Å². The molecule has 1 aromatic rings. The third kappa shape index (κ3) is 4.53. The summed E-state index contributed by atoms with van der Waals surface area (Å²) in [5.41, 5.74) is 7.16. The molecule has 0 aliphatic heterocycles. The van der Waals surface area contributed by atoms with E-state index >= 15 is 0 Å². The summed E-state index contributed by atoms with van der Waals surface area (Å²) in [5, 5.41) is 0. The molecule has 0 aromatic carbocycles. The highest BCUT2D eigenvalue weighted by molar-refractivity contribution is 5.92. The fourth-order valence-corrected chi connectivity index (χ4v) is 1.86. The first-order valence-corrected chi connectivity index (χ1v) is 6.16. The molecule has 0 aliphatic rings. The van der Waals surface area contributed by atoms with Crippen molar-refractivity contribution in [2.24, 2.45) is 5.73 Å². The molecule has 2 N–H and O–H groups in total. The van der Waals surface area contributed by atoms with Gasteiger partial charge in [0.15, 0.2) is 0 Å². The van der Waals surface area contributed by atoms with E-state index in [2.05, 4.69) is 24.6 Å². The Morgan fingerprint density at radius 3 is 2.94 bits per heavy atom. The molecule has 1 rings (SSSR count). The van der Waals surface area contributed by atoms with Gasteiger partial charge in [0.25, 0.3) is 0 Å². The molecule has 18 heavy (non-hydrogen) atoms. The molecule has 0 bridgehead atoms. The van der Waals surface area contributed by atoms with Crippen molar-refractivity contribution >= 4 is 5.91 Å². The van der Waals surface area contributed by atoms with E-state index in [4.69, 9.17) is 5.73 Å². The van der Waals surface area contributed by atoms with Crippen molar-refractivity contribution in [2.45, 2.75) is 32.1 Å². The first-order valence-electron chi connectivity index (χ1n) is 6.16. The molecule has 1 unspecified atom stereocenters. The summed E-state index contributed by atoms with van der Waals surface area (Å²) < 4.78 is 0. The zero-order chi connectivity index (χ0) is 13.4. The number of nitrogens with zero attached hydrogens (tertiary/aromatic N) is 1. The van der Waals surface area contributed by atoms with Crippen molar-refractivity contribution in [1.29, 1.82) is 0 Å². The smallest absolute Gasteiger partial charge is 0.244 e. The van der Waals surface area contributed by atoms with Crippen molar-refractivity contribution < 1.29 is 4.79 Å². The van der Waals surface area contributed by atoms with E-state index in [1.165, 1.54) is 5.56 Å². The summed E-state index contributed by atoms with van der Waals surface area (Å²) >= 11 is 0. The maximum atomic E-state index is 11.1. The molecule has 0 saturated heterocycles. The number of aromatic nitrogens is 1. The lowest BCUT2D eigenvalue weighted by molar-refractivity contribution is -0.114. The fraction of sp³-hybridized carbons (Fsp3) is 0.333. The highest BCUT2D eigenvalue weighted by Gasteiger charge is 2.08. The molecule has 3 heteroatoms. The molecular formula is C15H20N2O. The minimum Gasteiger partial charge on any atom is -0.366 e. The van der Waals surface area contributed by atoms with Gasteiger partial charge >= 0.3 is 0 Å². The van der Waals surface area contributed by atoms with Crippen LogP contribution in [0.15, 0.2) is 48.8 Å². The Balaban J connectivity index is 2.44. The van der Waals surface area contributed by atoms with Crippen molar-refractivity contribution in [3.8, 4) is 0 Å². The quantitative estimate of drug-likeness (QED) is 0.592. The second kappa shape index (κ2) is 7.43. The lowest BCUT2D eigenvalue weighted by atomic mass is 9.95. The van der Waals surface area contributed by atoms with E-state index in [1.807, 2.05) is 12.3 Å². The average Bonchev–Trinajstić information content (AvgIpc) is 2.38. The molecule has 96 valence electrons. The predicted octanol–water partition coefficient (Wildman–Crippen LogP) is 2.95. The summed E-state index contributed by atoms with van der Waals surface area (Å²) in [6.45, 7) is 5.75. The maximum absolute atomic E-state index is 11.1. The zero-order valence-electron chi connectivity index (χ0n) is 10.8. The van der Waals surface area contributed by atoms with E-state index in [1.54, 1.807) is 18.3 Å². The van der Waals surface area contributed by atoms with E-state index in [0.717, 1.165) is 12.8 Å². The molecule has 0 fully saturated rings. The van der Waals surface area contributed by atoms with Crippen molar-refractivity contribution in [1.82, 2.24) is 4.98 Å². The summed E-state index contributed by atoms with van der Waals surface area (Å²) in [6.07, 6.45) is 9.59. The summed E-state index contributed by atoms with van der Waals surface area (Å²) in [4.78, 5) is 15.2. The number of amides is 1. The Bertz CT molecular complexity index is 423. The second-order valence-corrected chi connectivity index (χ2v) is 4.37. The van der Waals surface area contributed by atoms with E-state index in [9.17, 15) is 4.79 Å². The van der Waals surface area contributed by atoms with Gasteiger partial charge in [-0.1, -0.05) is 31.7 Å². The summed E-state index contributed by atoms with van der Waals surface area (Å²) in [7, 11) is 0. The Hall–Kier alpha value is -1.90. The number of carbonyl (C=O) groups is 1. The third-order valence-electron chi connectivity index (χ3n) is 2.97. The normalized spacial score (nSPS) is 13.1. The van der Waals surface area contributed by atoms with E-state index in [0.29, 0.717) is 17.9 Å². The lowest BCUT2D eigenvalue weighted by Crippen LogP contribution is -2.14. The van der Waals surface area contributed by atoms with Gasteiger partial charge in [0.05, 0.1) is 0 Å². The summed E-state index contributed by atoms with van der Waals surface area (Å²) in [6, 6.07) is 4.02. The average molecular weight is 244 g/mol. The first-order chi connectivity index (χ1) is 8.65. The van der Waals surface area contributed by atoms with Crippen LogP contribution in [-0.2, 0) is 4.79 Å². The van der Waals surface area contributed by atoms with Crippen LogP contribution in [0.1, 0.15) is 37.7 Å². The van der Waals surface area contributed by atoms with Crippen LogP contribution in [0.25, 0.3) is 0 Å². The lowest BCUT2D eigenvalue weighted by Gasteiger charge is -2.11. The van der Waals surface area contributed by atoms with Gasteiger partial charge < -0.3 is 5.73 Å². The Morgan fingerprint density at radius 2 is 2.39 bits per heavy atom. The molecule has 1 heterocycles. The molecule has 0 radical (unpaired) electrons. The molecule has 0 aliphatic carbocycles. The number of rotatable bonds is 7. The van der Waals surface area contributed by atoms with Gasteiger partial charge in [0, 0.05) is 18.0 Å². The van der Waals surface area contributed by atoms with Crippen LogP contribution < -0.4 is 5.73 Å². The van der Waals surface area contributed by atoms with Crippen LogP contribution in [0, 0.1) is 0 Å². The number of allylic oxidation sites excluding steroid dienone is 2. The van der Waals surface area contributed by atoms with Crippen molar-refractivity contribution in [2.75, 3.05) is 0 Å². The molecule has 1 aromatic heterocycles. The highest BCUT2D eigenvalue weighted by Crippen LogP contribution is 2.21. The second-order valence-electron chi connectivity index (χ2n) is 4.37. The predicted molar refractivity (Wildman–Crippen MR) is 74.0 cm³/mol. The highest BCUT2D eigenvalue weighted by atomic mass is 16.1.